The highest BCUT2D eigenvalue weighted by Crippen LogP contribution is 2.40. The summed E-state index contributed by atoms with van der Waals surface area (Å²) >= 11 is -0.264. The first kappa shape index (κ1) is 17.9. The third-order valence-corrected chi connectivity index (χ3v) is 4.49. The molecule has 1 aromatic carbocycles. The lowest BCUT2D eigenvalue weighted by Gasteiger charge is -2.33. The van der Waals surface area contributed by atoms with Gasteiger partial charge in [-0.3, -0.25) is 0 Å². The fraction of sp³-hybridized carbons (Fsp3) is 0.533. The molecule has 0 bridgehead atoms. The minimum absolute atomic E-state index is 0.0626. The van der Waals surface area contributed by atoms with Crippen molar-refractivity contribution in [1.29, 1.82) is 0 Å². The lowest BCUT2D eigenvalue weighted by molar-refractivity contribution is -0.0328. The van der Waals surface area contributed by atoms with Crippen LogP contribution in [-0.4, -0.2) is 39.7 Å². The van der Waals surface area contributed by atoms with Crippen LogP contribution in [0.25, 0.3) is 0 Å². The molecular formula is C15H19F3N2O2S. The number of halogens is 3. The summed E-state index contributed by atoms with van der Waals surface area (Å²) in [6.45, 7) is 3.71. The Balaban J connectivity index is 2.15. The van der Waals surface area contributed by atoms with Gasteiger partial charge in [0.1, 0.15) is 0 Å². The van der Waals surface area contributed by atoms with Gasteiger partial charge in [-0.2, -0.15) is 13.2 Å². The number of thioether (sulfide) groups is 1. The molecule has 0 spiro atoms. The number of carbonyl (C=O) groups excluding carboxylic acids is 1. The molecule has 2 N–H and O–H groups in total. The van der Waals surface area contributed by atoms with E-state index in [1.807, 2.05) is 0 Å². The molecule has 1 heterocycles. The summed E-state index contributed by atoms with van der Waals surface area (Å²) < 4.78 is 37.8. The quantitative estimate of drug-likeness (QED) is 0.810. The predicted molar refractivity (Wildman–Crippen MR) is 83.4 cm³/mol. The molecule has 0 radical (unpaired) electrons. The number of rotatable bonds is 3. The van der Waals surface area contributed by atoms with Crippen LogP contribution in [0.4, 0.5) is 23.7 Å². The second kappa shape index (κ2) is 6.60. The maximum absolute atomic E-state index is 12.6. The number of amides is 2. The predicted octanol–water partition coefficient (Wildman–Crippen LogP) is 4.07. The van der Waals surface area contributed by atoms with Gasteiger partial charge in [0.05, 0.1) is 17.3 Å². The van der Waals surface area contributed by atoms with E-state index < -0.39 is 17.1 Å². The maximum Gasteiger partial charge on any atom is 0.446 e. The normalized spacial score (nSPS) is 19.0. The Morgan fingerprint density at radius 3 is 2.61 bits per heavy atom. The summed E-state index contributed by atoms with van der Waals surface area (Å²) in [5.41, 5.74) is -5.38. The zero-order valence-corrected chi connectivity index (χ0v) is 13.7. The minimum atomic E-state index is -4.43. The average molecular weight is 348 g/mol. The van der Waals surface area contributed by atoms with E-state index in [9.17, 15) is 23.1 Å². The Kier molecular flexibility index (Phi) is 5.15. The second-order valence-electron chi connectivity index (χ2n) is 5.98. The largest absolute Gasteiger partial charge is 0.446 e. The molecule has 8 heteroatoms. The molecular weight excluding hydrogens is 329 g/mol. The molecule has 0 aromatic heterocycles. The van der Waals surface area contributed by atoms with Gasteiger partial charge in [-0.15, -0.1) is 0 Å². The number of nitrogens with one attached hydrogen (secondary N) is 1. The molecule has 1 unspecified atom stereocenters. The van der Waals surface area contributed by atoms with Gasteiger partial charge in [-0.1, -0.05) is 12.1 Å². The van der Waals surface area contributed by atoms with Crippen molar-refractivity contribution in [3.8, 4) is 0 Å². The first-order chi connectivity index (χ1) is 10.6. The summed E-state index contributed by atoms with van der Waals surface area (Å²) in [7, 11) is 0. The molecule has 1 aliphatic heterocycles. The van der Waals surface area contributed by atoms with Gasteiger partial charge in [0, 0.05) is 11.4 Å². The van der Waals surface area contributed by atoms with Crippen LogP contribution in [0.5, 0.6) is 0 Å². The number of benzene rings is 1. The van der Waals surface area contributed by atoms with Gasteiger partial charge in [0.15, 0.2) is 0 Å². The molecule has 0 saturated carbocycles. The fourth-order valence-electron chi connectivity index (χ4n) is 2.71. The fourth-order valence-corrected chi connectivity index (χ4v) is 3.34. The van der Waals surface area contributed by atoms with Crippen molar-refractivity contribution in [2.24, 2.45) is 0 Å². The number of alkyl halides is 3. The van der Waals surface area contributed by atoms with Crippen LogP contribution in [0.3, 0.4) is 0 Å². The maximum atomic E-state index is 12.6. The van der Waals surface area contributed by atoms with E-state index in [2.05, 4.69) is 5.32 Å². The highest BCUT2D eigenvalue weighted by molar-refractivity contribution is 8.00. The van der Waals surface area contributed by atoms with E-state index in [-0.39, 0.29) is 28.4 Å². The molecule has 2 amide bonds. The molecule has 0 aliphatic carbocycles. The summed E-state index contributed by atoms with van der Waals surface area (Å²) in [5, 5.41) is 12.7. The zero-order valence-electron chi connectivity index (χ0n) is 12.9. The molecule has 128 valence electrons. The van der Waals surface area contributed by atoms with Crippen LogP contribution >= 0.6 is 11.8 Å². The molecule has 1 aromatic rings. The monoisotopic (exact) mass is 348 g/mol. The van der Waals surface area contributed by atoms with E-state index >= 15 is 0 Å². The van der Waals surface area contributed by atoms with Crippen LogP contribution in [-0.2, 0) is 0 Å². The van der Waals surface area contributed by atoms with Gasteiger partial charge in [0.2, 0.25) is 0 Å². The van der Waals surface area contributed by atoms with Gasteiger partial charge < -0.3 is 15.3 Å². The van der Waals surface area contributed by atoms with Crippen molar-refractivity contribution in [1.82, 2.24) is 4.90 Å². The molecule has 1 atom stereocenters. The van der Waals surface area contributed by atoms with Crippen LogP contribution in [0.15, 0.2) is 29.2 Å². The van der Waals surface area contributed by atoms with Crippen LogP contribution in [0, 0.1) is 0 Å². The van der Waals surface area contributed by atoms with Crippen LogP contribution in [0.1, 0.15) is 26.7 Å². The lowest BCUT2D eigenvalue weighted by Crippen LogP contribution is -2.49. The van der Waals surface area contributed by atoms with Gasteiger partial charge in [0.25, 0.3) is 0 Å². The highest BCUT2D eigenvalue weighted by atomic mass is 32.2. The Labute approximate surface area is 137 Å². The topological polar surface area (TPSA) is 52.6 Å². The number of urea groups is 1. The third-order valence-electron chi connectivity index (χ3n) is 3.68. The SMILES string of the molecule is CC(C)(O)C1CCCN1C(=O)Nc1ccccc1SC(F)(F)F. The highest BCUT2D eigenvalue weighted by Gasteiger charge is 2.39. The number of hydrogen-bond acceptors (Lipinski definition) is 3. The third kappa shape index (κ3) is 4.78. The van der Waals surface area contributed by atoms with Gasteiger partial charge in [-0.05, 0) is 50.6 Å². The van der Waals surface area contributed by atoms with Crippen molar-refractivity contribution >= 4 is 23.5 Å². The first-order valence-corrected chi connectivity index (χ1v) is 8.04. The van der Waals surface area contributed by atoms with E-state index in [0.29, 0.717) is 13.0 Å². The second-order valence-corrected chi connectivity index (χ2v) is 7.09. The standard InChI is InChI=1S/C15H19F3N2O2S/c1-14(2,22)12-8-5-9-20(12)13(21)19-10-6-3-4-7-11(10)23-15(16,17)18/h3-4,6-7,12,22H,5,8-9H2,1-2H3,(H,19,21). The number of anilines is 1. The van der Waals surface area contributed by atoms with Crippen LogP contribution in [0.2, 0.25) is 0 Å². The number of aliphatic hydroxyl groups is 1. The summed E-state index contributed by atoms with van der Waals surface area (Å²) in [5.74, 6) is 0. The Hall–Kier alpha value is -1.41. The Bertz CT molecular complexity index is 573. The van der Waals surface area contributed by atoms with Crippen molar-refractivity contribution in [2.75, 3.05) is 11.9 Å². The number of nitrogens with zero attached hydrogens (tertiary/aromatic N) is 1. The number of likely N-dealkylation sites (tertiary alicyclic amines) is 1. The van der Waals surface area contributed by atoms with E-state index in [4.69, 9.17) is 0 Å². The molecule has 1 saturated heterocycles. The number of carbonyl (C=O) groups is 1. The lowest BCUT2D eigenvalue weighted by atomic mass is 9.97. The first-order valence-electron chi connectivity index (χ1n) is 7.23. The molecule has 4 nitrogen and oxygen atoms in total. The van der Waals surface area contributed by atoms with Crippen molar-refractivity contribution in [2.45, 2.75) is 48.7 Å². The van der Waals surface area contributed by atoms with E-state index in [1.54, 1.807) is 19.9 Å². The van der Waals surface area contributed by atoms with Crippen molar-refractivity contribution in [3.63, 3.8) is 0 Å². The van der Waals surface area contributed by atoms with Crippen molar-refractivity contribution in [3.05, 3.63) is 24.3 Å². The smallest absolute Gasteiger partial charge is 0.388 e. The summed E-state index contributed by atoms with van der Waals surface area (Å²) in [6, 6.07) is 4.94. The molecule has 1 aliphatic rings. The van der Waals surface area contributed by atoms with Crippen molar-refractivity contribution < 1.29 is 23.1 Å². The Morgan fingerprint density at radius 2 is 2.00 bits per heavy atom. The summed E-state index contributed by atoms with van der Waals surface area (Å²) in [4.78, 5) is 13.8. The zero-order chi connectivity index (χ0) is 17.3. The molecule has 1 fully saturated rings. The minimum Gasteiger partial charge on any atom is -0.388 e. The summed E-state index contributed by atoms with van der Waals surface area (Å²) in [6.07, 6.45) is 1.41. The Morgan fingerprint density at radius 1 is 1.35 bits per heavy atom. The average Bonchev–Trinajstić information content (AvgIpc) is 2.88. The van der Waals surface area contributed by atoms with E-state index in [0.717, 1.165) is 6.42 Å². The van der Waals surface area contributed by atoms with Gasteiger partial charge >= 0.3 is 11.5 Å². The number of para-hydroxylation sites is 1. The molecule has 23 heavy (non-hydrogen) atoms. The van der Waals surface area contributed by atoms with Gasteiger partial charge in [-0.25, -0.2) is 4.79 Å². The van der Waals surface area contributed by atoms with Crippen LogP contribution < -0.4 is 5.32 Å². The van der Waals surface area contributed by atoms with E-state index in [1.165, 1.54) is 23.1 Å². The molecule has 2 rings (SSSR count). The number of hydrogen-bond donors (Lipinski definition) is 2.